The lowest BCUT2D eigenvalue weighted by atomic mass is 9.84. The highest BCUT2D eigenvalue weighted by Crippen LogP contribution is 2.28. The number of carboxylic acid groups (broad SMARTS) is 1. The summed E-state index contributed by atoms with van der Waals surface area (Å²) in [6.45, 7) is 3.63. The topological polar surface area (TPSA) is 78.4 Å². The first kappa shape index (κ1) is 17.5. The Balaban J connectivity index is 1.86. The zero-order valence-electron chi connectivity index (χ0n) is 13.8. The Kier molecular flexibility index (Phi) is 6.16. The van der Waals surface area contributed by atoms with Crippen molar-refractivity contribution in [3.05, 3.63) is 29.8 Å². The maximum atomic E-state index is 11.1. The number of carboxylic acids is 1. The molecule has 1 aliphatic carbocycles. The Bertz CT molecular complexity index is 551. The Morgan fingerprint density at radius 2 is 1.96 bits per heavy atom. The van der Waals surface area contributed by atoms with Crippen molar-refractivity contribution >= 4 is 17.6 Å². The fourth-order valence-electron chi connectivity index (χ4n) is 3.32. The maximum Gasteiger partial charge on any atom is 0.303 e. The average molecular weight is 318 g/mol. The maximum absolute atomic E-state index is 11.1. The minimum atomic E-state index is -0.690. The summed E-state index contributed by atoms with van der Waals surface area (Å²) in [5.41, 5.74) is 1.96. The standard InChI is InChI=1S/C18H26N2O3/c1-12(15-4-3-5-17(11-15)20-13(2)21)19-16-8-6-14(7-9-16)10-18(22)23/h3-5,11-12,14,16,19H,6-10H2,1-2H3,(H,20,21)(H,22,23). The van der Waals surface area contributed by atoms with Gasteiger partial charge in [0.2, 0.25) is 5.91 Å². The van der Waals surface area contributed by atoms with Gasteiger partial charge in [0.25, 0.3) is 0 Å². The molecule has 126 valence electrons. The molecule has 1 aromatic rings. The molecule has 23 heavy (non-hydrogen) atoms. The van der Waals surface area contributed by atoms with Gasteiger partial charge in [-0.25, -0.2) is 0 Å². The van der Waals surface area contributed by atoms with E-state index in [9.17, 15) is 9.59 Å². The molecule has 0 bridgehead atoms. The third-order valence-electron chi connectivity index (χ3n) is 4.50. The van der Waals surface area contributed by atoms with Crippen molar-refractivity contribution in [2.45, 2.75) is 58.0 Å². The Morgan fingerprint density at radius 1 is 1.26 bits per heavy atom. The molecule has 0 radical (unpaired) electrons. The van der Waals surface area contributed by atoms with Crippen LogP contribution in [-0.2, 0) is 9.59 Å². The quantitative estimate of drug-likeness (QED) is 0.752. The SMILES string of the molecule is CC(=O)Nc1cccc(C(C)NC2CCC(CC(=O)O)CC2)c1. The number of rotatable bonds is 6. The molecule has 1 fully saturated rings. The fraction of sp³-hybridized carbons (Fsp3) is 0.556. The molecule has 2 rings (SSSR count). The molecule has 5 heteroatoms. The van der Waals surface area contributed by atoms with Crippen molar-refractivity contribution in [2.24, 2.45) is 5.92 Å². The monoisotopic (exact) mass is 318 g/mol. The van der Waals surface area contributed by atoms with E-state index in [0.29, 0.717) is 18.4 Å². The number of hydrogen-bond acceptors (Lipinski definition) is 3. The summed E-state index contributed by atoms with van der Waals surface area (Å²) in [5.74, 6) is -0.437. The number of benzene rings is 1. The normalized spacial score (nSPS) is 22.3. The summed E-state index contributed by atoms with van der Waals surface area (Å²) in [6, 6.07) is 8.51. The molecule has 1 unspecified atom stereocenters. The van der Waals surface area contributed by atoms with Crippen LogP contribution in [0.15, 0.2) is 24.3 Å². The molecule has 0 aromatic heterocycles. The van der Waals surface area contributed by atoms with Crippen molar-refractivity contribution in [3.63, 3.8) is 0 Å². The molecule has 5 nitrogen and oxygen atoms in total. The number of aliphatic carboxylic acids is 1. The number of hydrogen-bond donors (Lipinski definition) is 3. The lowest BCUT2D eigenvalue weighted by Crippen LogP contribution is -2.35. The summed E-state index contributed by atoms with van der Waals surface area (Å²) in [6.07, 6.45) is 4.29. The fourth-order valence-corrected chi connectivity index (χ4v) is 3.32. The highest BCUT2D eigenvalue weighted by molar-refractivity contribution is 5.88. The lowest BCUT2D eigenvalue weighted by Gasteiger charge is -2.31. The molecule has 0 heterocycles. The van der Waals surface area contributed by atoms with Crippen LogP contribution in [0.5, 0.6) is 0 Å². The Morgan fingerprint density at radius 3 is 2.57 bits per heavy atom. The number of carbonyl (C=O) groups is 2. The predicted octanol–water partition coefficient (Wildman–Crippen LogP) is 3.33. The van der Waals surface area contributed by atoms with Crippen molar-refractivity contribution in [1.29, 1.82) is 0 Å². The number of anilines is 1. The van der Waals surface area contributed by atoms with Gasteiger partial charge in [0.15, 0.2) is 0 Å². The van der Waals surface area contributed by atoms with Gasteiger partial charge in [-0.15, -0.1) is 0 Å². The van der Waals surface area contributed by atoms with Gasteiger partial charge in [-0.1, -0.05) is 12.1 Å². The highest BCUT2D eigenvalue weighted by atomic mass is 16.4. The van der Waals surface area contributed by atoms with Crippen LogP contribution in [0.1, 0.15) is 57.6 Å². The van der Waals surface area contributed by atoms with Gasteiger partial charge in [0.1, 0.15) is 0 Å². The van der Waals surface area contributed by atoms with Crippen LogP contribution >= 0.6 is 0 Å². The highest BCUT2D eigenvalue weighted by Gasteiger charge is 2.24. The number of nitrogens with one attached hydrogen (secondary N) is 2. The zero-order valence-corrected chi connectivity index (χ0v) is 13.8. The van der Waals surface area contributed by atoms with E-state index in [1.54, 1.807) is 0 Å². The first-order chi connectivity index (χ1) is 10.9. The van der Waals surface area contributed by atoms with Crippen molar-refractivity contribution in [3.8, 4) is 0 Å². The van der Waals surface area contributed by atoms with E-state index in [2.05, 4.69) is 23.6 Å². The summed E-state index contributed by atoms with van der Waals surface area (Å²) in [7, 11) is 0. The molecule has 1 aromatic carbocycles. The first-order valence-electron chi connectivity index (χ1n) is 8.29. The molecule has 3 N–H and O–H groups in total. The molecule has 0 aliphatic heterocycles. The van der Waals surface area contributed by atoms with E-state index in [-0.39, 0.29) is 11.9 Å². The van der Waals surface area contributed by atoms with Crippen LogP contribution < -0.4 is 10.6 Å². The van der Waals surface area contributed by atoms with Gasteiger partial charge in [-0.2, -0.15) is 0 Å². The van der Waals surface area contributed by atoms with E-state index in [1.807, 2.05) is 18.2 Å². The van der Waals surface area contributed by atoms with Gasteiger partial charge >= 0.3 is 5.97 Å². The zero-order chi connectivity index (χ0) is 16.8. The second-order valence-corrected chi connectivity index (χ2v) is 6.51. The largest absolute Gasteiger partial charge is 0.481 e. The van der Waals surface area contributed by atoms with E-state index in [0.717, 1.165) is 36.9 Å². The van der Waals surface area contributed by atoms with Crippen molar-refractivity contribution < 1.29 is 14.7 Å². The third-order valence-corrected chi connectivity index (χ3v) is 4.50. The summed E-state index contributed by atoms with van der Waals surface area (Å²) < 4.78 is 0. The minimum absolute atomic E-state index is 0.0699. The molecule has 0 saturated heterocycles. The van der Waals surface area contributed by atoms with Gasteiger partial charge < -0.3 is 15.7 Å². The summed E-state index contributed by atoms with van der Waals surface area (Å²) >= 11 is 0. The predicted molar refractivity (Wildman–Crippen MR) is 90.3 cm³/mol. The molecular weight excluding hydrogens is 292 g/mol. The third kappa shape index (κ3) is 5.67. The number of carbonyl (C=O) groups excluding carboxylic acids is 1. The molecule has 1 aliphatic rings. The molecule has 1 atom stereocenters. The van der Waals surface area contributed by atoms with Crippen LogP contribution in [-0.4, -0.2) is 23.0 Å². The van der Waals surface area contributed by atoms with E-state index >= 15 is 0 Å². The van der Waals surface area contributed by atoms with E-state index in [4.69, 9.17) is 5.11 Å². The van der Waals surface area contributed by atoms with E-state index in [1.165, 1.54) is 6.92 Å². The van der Waals surface area contributed by atoms with Crippen LogP contribution in [0.3, 0.4) is 0 Å². The van der Waals surface area contributed by atoms with Gasteiger partial charge in [-0.05, 0) is 56.2 Å². The summed E-state index contributed by atoms with van der Waals surface area (Å²) in [5, 5.41) is 15.3. The Hall–Kier alpha value is -1.88. The number of amides is 1. The van der Waals surface area contributed by atoms with Gasteiger partial charge in [0, 0.05) is 31.1 Å². The van der Waals surface area contributed by atoms with Crippen LogP contribution in [0.2, 0.25) is 0 Å². The smallest absolute Gasteiger partial charge is 0.303 e. The Labute approximate surface area is 137 Å². The molecular formula is C18H26N2O3. The van der Waals surface area contributed by atoms with Crippen LogP contribution in [0.25, 0.3) is 0 Å². The van der Waals surface area contributed by atoms with Crippen molar-refractivity contribution in [1.82, 2.24) is 5.32 Å². The second-order valence-electron chi connectivity index (χ2n) is 6.51. The minimum Gasteiger partial charge on any atom is -0.481 e. The lowest BCUT2D eigenvalue weighted by molar-refractivity contribution is -0.138. The molecule has 1 saturated carbocycles. The second kappa shape index (κ2) is 8.11. The van der Waals surface area contributed by atoms with Gasteiger partial charge in [-0.3, -0.25) is 9.59 Å². The van der Waals surface area contributed by atoms with Crippen LogP contribution in [0, 0.1) is 5.92 Å². The molecule has 0 spiro atoms. The summed E-state index contributed by atoms with van der Waals surface area (Å²) in [4.78, 5) is 21.9. The van der Waals surface area contributed by atoms with Crippen LogP contribution in [0.4, 0.5) is 5.69 Å². The molecule has 1 amide bonds. The average Bonchev–Trinajstić information content (AvgIpc) is 2.48. The van der Waals surface area contributed by atoms with Crippen molar-refractivity contribution in [2.75, 3.05) is 5.32 Å². The van der Waals surface area contributed by atoms with Gasteiger partial charge in [0.05, 0.1) is 0 Å². The first-order valence-corrected chi connectivity index (χ1v) is 8.29. The van der Waals surface area contributed by atoms with E-state index < -0.39 is 5.97 Å².